The van der Waals surface area contributed by atoms with Crippen molar-refractivity contribution >= 4 is 56.5 Å². The lowest BCUT2D eigenvalue weighted by molar-refractivity contribution is -0.127. The van der Waals surface area contributed by atoms with Crippen molar-refractivity contribution in [2.75, 3.05) is 19.6 Å². The molecule has 0 aliphatic carbocycles. The average Bonchev–Trinajstić information content (AvgIpc) is 3.13. The first-order valence-electron chi connectivity index (χ1n) is 11.1. The molecule has 2 aromatic rings. The molecular formula is C24H24ClN3O5S2. The van der Waals surface area contributed by atoms with Crippen LogP contribution >= 0.6 is 23.4 Å². The molecular weight excluding hydrogens is 510 g/mol. The van der Waals surface area contributed by atoms with Gasteiger partial charge in [0.1, 0.15) is 6.04 Å². The van der Waals surface area contributed by atoms with E-state index in [9.17, 15) is 22.8 Å². The van der Waals surface area contributed by atoms with Gasteiger partial charge in [-0.15, -0.1) is 0 Å². The quantitative estimate of drug-likeness (QED) is 0.544. The maximum absolute atomic E-state index is 13.1. The minimum absolute atomic E-state index is 0.00742. The van der Waals surface area contributed by atoms with Crippen molar-refractivity contribution in [3.05, 3.63) is 70.1 Å². The Bertz CT molecular complexity index is 1250. The topological polar surface area (TPSA) is 104 Å². The Morgan fingerprint density at radius 2 is 1.80 bits per heavy atom. The predicted octanol–water partition coefficient (Wildman–Crippen LogP) is 3.74. The second-order valence-corrected chi connectivity index (χ2v) is 11.4. The van der Waals surface area contributed by atoms with Crippen LogP contribution in [0.25, 0.3) is 6.08 Å². The van der Waals surface area contributed by atoms with Gasteiger partial charge >= 0.3 is 0 Å². The zero-order valence-corrected chi connectivity index (χ0v) is 21.1. The molecule has 0 saturated carbocycles. The highest BCUT2D eigenvalue weighted by atomic mass is 35.5. The molecule has 11 heteroatoms. The van der Waals surface area contributed by atoms with Gasteiger partial charge in [-0.3, -0.25) is 19.3 Å². The van der Waals surface area contributed by atoms with Crippen LogP contribution in [0.1, 0.15) is 24.8 Å². The Labute approximate surface area is 213 Å². The van der Waals surface area contributed by atoms with Crippen LogP contribution in [-0.2, 0) is 19.6 Å². The van der Waals surface area contributed by atoms with E-state index in [1.807, 2.05) is 0 Å². The van der Waals surface area contributed by atoms with E-state index in [0.717, 1.165) is 28.6 Å². The van der Waals surface area contributed by atoms with Gasteiger partial charge in [0, 0.05) is 24.7 Å². The van der Waals surface area contributed by atoms with Crippen molar-refractivity contribution < 1.29 is 22.8 Å². The van der Waals surface area contributed by atoms with E-state index in [1.54, 1.807) is 48.5 Å². The first-order chi connectivity index (χ1) is 16.8. The fourth-order valence-electron chi connectivity index (χ4n) is 3.99. The van der Waals surface area contributed by atoms with E-state index >= 15 is 0 Å². The molecule has 1 atom stereocenters. The Morgan fingerprint density at radius 1 is 1.09 bits per heavy atom. The maximum atomic E-state index is 13.1. The summed E-state index contributed by atoms with van der Waals surface area (Å²) in [6, 6.07) is 14.1. The number of rotatable bonds is 7. The molecule has 1 N–H and O–H groups in total. The van der Waals surface area contributed by atoms with Crippen molar-refractivity contribution in [1.82, 2.24) is 14.5 Å². The Kier molecular flexibility index (Phi) is 7.95. The number of nitrogens with zero attached hydrogens (tertiary/aromatic N) is 2. The smallest absolute Gasteiger partial charge is 0.293 e. The number of carbonyl (C=O) groups is 3. The molecule has 2 saturated heterocycles. The highest BCUT2D eigenvalue weighted by Crippen LogP contribution is 2.32. The summed E-state index contributed by atoms with van der Waals surface area (Å²) in [6.07, 6.45) is 3.43. The molecule has 2 fully saturated rings. The van der Waals surface area contributed by atoms with Gasteiger partial charge < -0.3 is 5.32 Å². The van der Waals surface area contributed by atoms with Gasteiger partial charge in [0.05, 0.1) is 9.80 Å². The van der Waals surface area contributed by atoms with E-state index in [-0.39, 0.29) is 29.4 Å². The molecule has 0 unspecified atom stereocenters. The van der Waals surface area contributed by atoms with Gasteiger partial charge in [0.2, 0.25) is 15.9 Å². The fourth-order valence-corrected chi connectivity index (χ4v) is 6.66. The van der Waals surface area contributed by atoms with Crippen LogP contribution in [0.4, 0.5) is 4.79 Å². The Balaban J connectivity index is 1.37. The third-order valence-electron chi connectivity index (χ3n) is 5.78. The molecule has 3 amide bonds. The van der Waals surface area contributed by atoms with Gasteiger partial charge in [-0.2, -0.15) is 4.31 Å². The van der Waals surface area contributed by atoms with Gasteiger partial charge in [0.25, 0.3) is 11.1 Å². The maximum Gasteiger partial charge on any atom is 0.293 e. The lowest BCUT2D eigenvalue weighted by Crippen LogP contribution is -2.52. The van der Waals surface area contributed by atoms with Crippen LogP contribution in [0, 0.1) is 0 Å². The van der Waals surface area contributed by atoms with Crippen LogP contribution < -0.4 is 5.32 Å². The molecule has 2 aromatic carbocycles. The molecule has 184 valence electrons. The van der Waals surface area contributed by atoms with Crippen molar-refractivity contribution in [3.8, 4) is 0 Å². The molecule has 0 spiro atoms. The summed E-state index contributed by atoms with van der Waals surface area (Å²) < 4.78 is 27.5. The van der Waals surface area contributed by atoms with Crippen molar-refractivity contribution in [1.29, 1.82) is 0 Å². The van der Waals surface area contributed by atoms with Crippen molar-refractivity contribution in [2.24, 2.45) is 0 Å². The van der Waals surface area contributed by atoms with Crippen LogP contribution in [0.2, 0.25) is 5.02 Å². The van der Waals surface area contributed by atoms with Crippen LogP contribution in [0.15, 0.2) is 64.4 Å². The number of carbonyl (C=O) groups excluding carboxylic acids is 3. The Hall–Kier alpha value is -2.66. The van der Waals surface area contributed by atoms with Gasteiger partial charge in [-0.25, -0.2) is 8.42 Å². The summed E-state index contributed by atoms with van der Waals surface area (Å²) in [5.41, 5.74) is 0.741. The number of nitrogens with one attached hydrogen (secondary N) is 1. The normalized spacial score (nSPS) is 20.4. The first-order valence-corrected chi connectivity index (χ1v) is 13.8. The molecule has 2 aliphatic heterocycles. The van der Waals surface area contributed by atoms with E-state index in [0.29, 0.717) is 17.9 Å². The minimum Gasteiger partial charge on any atom is -0.353 e. The minimum atomic E-state index is -3.82. The van der Waals surface area contributed by atoms with E-state index in [1.165, 1.54) is 16.4 Å². The van der Waals surface area contributed by atoms with E-state index in [4.69, 9.17) is 11.6 Å². The number of amides is 3. The summed E-state index contributed by atoms with van der Waals surface area (Å²) in [5.74, 6) is -0.872. The van der Waals surface area contributed by atoms with Crippen LogP contribution in [0.5, 0.6) is 0 Å². The molecule has 0 radical (unpaired) electrons. The number of hydrogen-bond acceptors (Lipinski definition) is 6. The fraction of sp³-hybridized carbons (Fsp3) is 0.292. The molecule has 2 aliphatic rings. The molecule has 4 rings (SSSR count). The summed E-state index contributed by atoms with van der Waals surface area (Å²) in [6.45, 7) is 0.279. The number of piperidine rings is 1. The van der Waals surface area contributed by atoms with Crippen LogP contribution in [0.3, 0.4) is 0 Å². The van der Waals surface area contributed by atoms with Crippen LogP contribution in [-0.4, -0.2) is 60.4 Å². The average molecular weight is 534 g/mol. The summed E-state index contributed by atoms with van der Waals surface area (Å²) >= 11 is 6.72. The zero-order valence-electron chi connectivity index (χ0n) is 18.7. The summed E-state index contributed by atoms with van der Waals surface area (Å²) in [5, 5.41) is 2.86. The van der Waals surface area contributed by atoms with Gasteiger partial charge in [0.15, 0.2) is 0 Å². The lowest BCUT2D eigenvalue weighted by Gasteiger charge is -2.33. The first kappa shape index (κ1) is 25.4. The van der Waals surface area contributed by atoms with E-state index < -0.39 is 33.1 Å². The lowest BCUT2D eigenvalue weighted by atomic mass is 10.0. The monoisotopic (exact) mass is 533 g/mol. The van der Waals surface area contributed by atoms with Crippen molar-refractivity contribution in [2.45, 2.75) is 30.2 Å². The molecule has 0 aromatic heterocycles. The SMILES string of the molecule is O=C(NCCN1C(=O)S/C(=C\c2ccc(Cl)cc2)C1=O)[C@H]1CCCCN1S(=O)(=O)c1ccccc1. The highest BCUT2D eigenvalue weighted by molar-refractivity contribution is 8.18. The number of sulfonamides is 1. The molecule has 2 heterocycles. The Morgan fingerprint density at radius 3 is 2.51 bits per heavy atom. The summed E-state index contributed by atoms with van der Waals surface area (Å²) in [7, 11) is -3.82. The van der Waals surface area contributed by atoms with E-state index in [2.05, 4.69) is 5.32 Å². The summed E-state index contributed by atoms with van der Waals surface area (Å²) in [4.78, 5) is 39.5. The predicted molar refractivity (Wildman–Crippen MR) is 135 cm³/mol. The molecule has 8 nitrogen and oxygen atoms in total. The number of thioether (sulfide) groups is 1. The standard InChI is InChI=1S/C24H24ClN3O5S2/c25-18-11-9-17(10-12-18)16-21-23(30)27(24(31)34-21)15-13-26-22(29)20-8-4-5-14-28(20)35(32,33)19-6-2-1-3-7-19/h1-3,6-7,9-12,16,20H,4-5,8,13-15H2,(H,26,29)/b21-16-/t20-/m1/s1. The molecule has 35 heavy (non-hydrogen) atoms. The number of imide groups is 1. The largest absolute Gasteiger partial charge is 0.353 e. The second-order valence-electron chi connectivity index (χ2n) is 8.12. The highest BCUT2D eigenvalue weighted by Gasteiger charge is 2.38. The van der Waals surface area contributed by atoms with Gasteiger partial charge in [-0.1, -0.05) is 48.4 Å². The third-order valence-corrected chi connectivity index (χ3v) is 8.86. The molecule has 0 bridgehead atoms. The number of benzene rings is 2. The third kappa shape index (κ3) is 5.78. The number of halogens is 1. The second kappa shape index (κ2) is 10.9. The van der Waals surface area contributed by atoms with Gasteiger partial charge in [-0.05, 0) is 60.5 Å². The zero-order chi connectivity index (χ0) is 25.0. The number of hydrogen-bond donors (Lipinski definition) is 1. The van der Waals surface area contributed by atoms with Crippen molar-refractivity contribution in [3.63, 3.8) is 0 Å².